The van der Waals surface area contributed by atoms with E-state index in [-0.39, 0.29) is 18.4 Å². The van der Waals surface area contributed by atoms with Gasteiger partial charge in [-0.25, -0.2) is 0 Å². The molecule has 1 atom stereocenters. The lowest BCUT2D eigenvalue weighted by Gasteiger charge is -2.20. The van der Waals surface area contributed by atoms with Gasteiger partial charge in [0.2, 0.25) is 5.91 Å². The Hall–Kier alpha value is -1.26. The Morgan fingerprint density at radius 2 is 2.28 bits per heavy atom. The summed E-state index contributed by atoms with van der Waals surface area (Å²) in [6.07, 6.45) is 0.366. The molecule has 4 nitrogen and oxygen atoms in total. The fraction of sp³-hybridized carbons (Fsp3) is 0.462. The third kappa shape index (κ3) is 2.31. The molecule has 2 rings (SSSR count). The van der Waals surface area contributed by atoms with E-state index >= 15 is 0 Å². The molecule has 0 aromatic heterocycles. The minimum atomic E-state index is -0.0118. The third-order valence-electron chi connectivity index (χ3n) is 3.21. The van der Waals surface area contributed by atoms with E-state index in [9.17, 15) is 4.79 Å². The van der Waals surface area contributed by atoms with E-state index in [1.54, 1.807) is 18.1 Å². The molecule has 1 saturated heterocycles. The number of aryl methyl sites for hydroxylation is 1. The van der Waals surface area contributed by atoms with Crippen molar-refractivity contribution in [1.82, 2.24) is 0 Å². The maximum Gasteiger partial charge on any atom is 0.227 e. The Bertz CT molecular complexity index is 476. The normalized spacial score (nSPS) is 19.4. The maximum atomic E-state index is 11.9. The van der Waals surface area contributed by atoms with Crippen molar-refractivity contribution in [1.29, 1.82) is 0 Å². The highest BCUT2D eigenvalue weighted by atomic mass is 35.5. The van der Waals surface area contributed by atoms with Gasteiger partial charge in [-0.2, -0.15) is 0 Å². The Morgan fingerprint density at radius 1 is 1.56 bits per heavy atom. The molecular formula is C13H16ClNO3. The minimum absolute atomic E-state index is 0.00716. The molecular weight excluding hydrogens is 254 g/mol. The first-order valence-electron chi connectivity index (χ1n) is 5.82. The second-order valence-electron chi connectivity index (χ2n) is 4.53. The summed E-state index contributed by atoms with van der Waals surface area (Å²) in [7, 11) is 1.57. The number of amides is 1. The van der Waals surface area contributed by atoms with Crippen molar-refractivity contribution in [2.24, 2.45) is 5.92 Å². The van der Waals surface area contributed by atoms with Crippen molar-refractivity contribution >= 4 is 23.2 Å². The van der Waals surface area contributed by atoms with E-state index in [2.05, 4.69) is 0 Å². The molecule has 1 aromatic rings. The molecule has 1 aliphatic rings. The quantitative estimate of drug-likeness (QED) is 0.913. The van der Waals surface area contributed by atoms with Gasteiger partial charge in [0.1, 0.15) is 5.75 Å². The van der Waals surface area contributed by atoms with Gasteiger partial charge in [0.25, 0.3) is 0 Å². The second-order valence-corrected chi connectivity index (χ2v) is 4.94. The number of ether oxygens (including phenoxy) is 1. The zero-order chi connectivity index (χ0) is 13.3. The summed E-state index contributed by atoms with van der Waals surface area (Å²) in [6, 6.07) is 3.56. The summed E-state index contributed by atoms with van der Waals surface area (Å²) in [5.74, 6) is 0.610. The lowest BCUT2D eigenvalue weighted by atomic mass is 10.1. The summed E-state index contributed by atoms with van der Waals surface area (Å²) in [4.78, 5) is 13.6. The highest BCUT2D eigenvalue weighted by Gasteiger charge is 2.31. The summed E-state index contributed by atoms with van der Waals surface area (Å²) in [5.41, 5.74) is 1.58. The fourth-order valence-electron chi connectivity index (χ4n) is 2.16. The number of aliphatic hydroxyl groups is 1. The van der Waals surface area contributed by atoms with Crippen LogP contribution in [0.2, 0.25) is 5.02 Å². The number of anilines is 1. The molecule has 0 spiro atoms. The number of hydrogen-bond acceptors (Lipinski definition) is 3. The topological polar surface area (TPSA) is 49.8 Å². The Labute approximate surface area is 111 Å². The molecule has 1 unspecified atom stereocenters. The van der Waals surface area contributed by atoms with Crippen LogP contribution in [-0.2, 0) is 4.79 Å². The standard InChI is InChI=1S/C13H16ClNO3/c1-8-3-12(18-2)11(5-10(8)14)15-6-9(7-16)4-13(15)17/h3,5,9,16H,4,6-7H2,1-2H3. The van der Waals surface area contributed by atoms with E-state index in [4.69, 9.17) is 21.4 Å². The van der Waals surface area contributed by atoms with Gasteiger partial charge in [-0.15, -0.1) is 0 Å². The third-order valence-corrected chi connectivity index (χ3v) is 3.62. The number of carbonyl (C=O) groups is 1. The molecule has 0 aliphatic carbocycles. The number of carbonyl (C=O) groups excluding carboxylic acids is 1. The van der Waals surface area contributed by atoms with Crippen molar-refractivity contribution < 1.29 is 14.6 Å². The van der Waals surface area contributed by atoms with Gasteiger partial charge < -0.3 is 14.7 Å². The Kier molecular flexibility index (Phi) is 3.78. The van der Waals surface area contributed by atoms with Crippen LogP contribution in [0.4, 0.5) is 5.69 Å². The molecule has 18 heavy (non-hydrogen) atoms. The molecule has 1 aliphatic heterocycles. The molecule has 1 amide bonds. The minimum Gasteiger partial charge on any atom is -0.495 e. The zero-order valence-corrected chi connectivity index (χ0v) is 11.2. The van der Waals surface area contributed by atoms with Crippen LogP contribution in [-0.4, -0.2) is 31.3 Å². The van der Waals surface area contributed by atoms with Gasteiger partial charge in [0, 0.05) is 30.5 Å². The largest absolute Gasteiger partial charge is 0.495 e. The summed E-state index contributed by atoms with van der Waals surface area (Å²) < 4.78 is 5.30. The summed E-state index contributed by atoms with van der Waals surface area (Å²) >= 11 is 6.10. The molecule has 1 N–H and O–H groups in total. The number of halogens is 1. The predicted molar refractivity (Wildman–Crippen MR) is 70.3 cm³/mol. The number of benzene rings is 1. The van der Waals surface area contributed by atoms with E-state index in [1.807, 2.05) is 13.0 Å². The Balaban J connectivity index is 2.38. The fourth-order valence-corrected chi connectivity index (χ4v) is 2.31. The van der Waals surface area contributed by atoms with Crippen molar-refractivity contribution in [2.75, 3.05) is 25.2 Å². The lowest BCUT2D eigenvalue weighted by Crippen LogP contribution is -2.25. The molecule has 0 bridgehead atoms. The summed E-state index contributed by atoms with van der Waals surface area (Å²) in [5, 5.41) is 9.74. The average Bonchev–Trinajstić information content (AvgIpc) is 2.73. The van der Waals surface area contributed by atoms with Gasteiger partial charge in [-0.05, 0) is 24.6 Å². The number of hydrogen-bond donors (Lipinski definition) is 1. The highest BCUT2D eigenvalue weighted by molar-refractivity contribution is 6.31. The molecule has 1 aromatic carbocycles. The smallest absolute Gasteiger partial charge is 0.227 e. The maximum absolute atomic E-state index is 11.9. The first-order chi connectivity index (χ1) is 8.56. The first-order valence-corrected chi connectivity index (χ1v) is 6.20. The van der Waals surface area contributed by atoms with Crippen molar-refractivity contribution in [2.45, 2.75) is 13.3 Å². The highest BCUT2D eigenvalue weighted by Crippen LogP contribution is 2.36. The van der Waals surface area contributed by atoms with Crippen LogP contribution in [0.5, 0.6) is 5.75 Å². The number of methoxy groups -OCH3 is 1. The average molecular weight is 270 g/mol. The predicted octanol–water partition coefficient (Wildman–Crippen LogP) is 2.00. The van der Waals surface area contributed by atoms with Gasteiger partial charge in [0.05, 0.1) is 12.8 Å². The van der Waals surface area contributed by atoms with Crippen LogP contribution in [0, 0.1) is 12.8 Å². The number of nitrogens with zero attached hydrogens (tertiary/aromatic N) is 1. The zero-order valence-electron chi connectivity index (χ0n) is 10.4. The van der Waals surface area contributed by atoms with E-state index in [0.717, 1.165) is 5.56 Å². The number of rotatable bonds is 3. The van der Waals surface area contributed by atoms with Gasteiger partial charge in [-0.3, -0.25) is 4.79 Å². The molecule has 0 radical (unpaired) electrons. The second kappa shape index (κ2) is 5.16. The van der Waals surface area contributed by atoms with Crippen LogP contribution in [0.25, 0.3) is 0 Å². The number of aliphatic hydroxyl groups excluding tert-OH is 1. The van der Waals surface area contributed by atoms with Gasteiger partial charge in [-0.1, -0.05) is 11.6 Å². The van der Waals surface area contributed by atoms with Crippen molar-refractivity contribution in [3.63, 3.8) is 0 Å². The van der Waals surface area contributed by atoms with Crippen LogP contribution >= 0.6 is 11.6 Å². The van der Waals surface area contributed by atoms with Gasteiger partial charge in [0.15, 0.2) is 0 Å². The van der Waals surface area contributed by atoms with Crippen molar-refractivity contribution in [3.05, 3.63) is 22.7 Å². The molecule has 0 saturated carbocycles. The molecule has 1 heterocycles. The SMILES string of the molecule is COc1cc(C)c(Cl)cc1N1CC(CO)CC1=O. The summed E-state index contributed by atoms with van der Waals surface area (Å²) in [6.45, 7) is 2.41. The molecule has 5 heteroatoms. The van der Waals surface area contributed by atoms with E-state index in [1.165, 1.54) is 0 Å². The first kappa shape index (κ1) is 13.2. The van der Waals surface area contributed by atoms with Crippen LogP contribution in [0.15, 0.2) is 12.1 Å². The van der Waals surface area contributed by atoms with Crippen LogP contribution in [0.1, 0.15) is 12.0 Å². The molecule has 98 valence electrons. The molecule has 1 fully saturated rings. The van der Waals surface area contributed by atoms with Crippen molar-refractivity contribution in [3.8, 4) is 5.75 Å². The Morgan fingerprint density at radius 3 is 2.83 bits per heavy atom. The van der Waals surface area contributed by atoms with E-state index in [0.29, 0.717) is 29.4 Å². The van der Waals surface area contributed by atoms with E-state index < -0.39 is 0 Å². The van der Waals surface area contributed by atoms with Crippen LogP contribution < -0.4 is 9.64 Å². The van der Waals surface area contributed by atoms with Gasteiger partial charge >= 0.3 is 0 Å². The van der Waals surface area contributed by atoms with Crippen LogP contribution in [0.3, 0.4) is 0 Å². The lowest BCUT2D eigenvalue weighted by molar-refractivity contribution is -0.117. The monoisotopic (exact) mass is 269 g/mol.